The number of halogens is 2. The standard InChI is InChI=1S/C10H8Br2N6O2/c11-5-1-4(2-6(12)8(5)19)3-15-16-9(13)7-10(14)18-20-17-7/h1-3,19H,(H2,13,16)(H2,14,18)/b15-3+. The largest absolute Gasteiger partial charge is 0.506 e. The average molecular weight is 404 g/mol. The van der Waals surface area contributed by atoms with Gasteiger partial charge in [0.05, 0.1) is 15.2 Å². The smallest absolute Gasteiger partial charge is 0.199 e. The zero-order chi connectivity index (χ0) is 14.7. The molecule has 0 saturated carbocycles. The molecule has 0 bridgehead atoms. The second-order valence-electron chi connectivity index (χ2n) is 3.56. The van der Waals surface area contributed by atoms with Gasteiger partial charge in [0, 0.05) is 0 Å². The van der Waals surface area contributed by atoms with E-state index in [-0.39, 0.29) is 23.1 Å². The Morgan fingerprint density at radius 3 is 2.50 bits per heavy atom. The van der Waals surface area contributed by atoms with E-state index in [0.717, 1.165) is 0 Å². The molecule has 104 valence electrons. The van der Waals surface area contributed by atoms with E-state index >= 15 is 0 Å². The van der Waals surface area contributed by atoms with Crippen molar-refractivity contribution >= 4 is 49.7 Å². The number of nitrogen functional groups attached to an aromatic ring is 1. The molecule has 0 aliphatic heterocycles. The Bertz CT molecular complexity index is 674. The topological polar surface area (TPSA) is 136 Å². The van der Waals surface area contributed by atoms with E-state index < -0.39 is 0 Å². The van der Waals surface area contributed by atoms with Gasteiger partial charge in [0.15, 0.2) is 17.3 Å². The van der Waals surface area contributed by atoms with Gasteiger partial charge in [-0.3, -0.25) is 0 Å². The molecule has 10 heteroatoms. The molecule has 0 saturated heterocycles. The Morgan fingerprint density at radius 2 is 1.95 bits per heavy atom. The highest BCUT2D eigenvalue weighted by molar-refractivity contribution is 9.11. The highest BCUT2D eigenvalue weighted by Gasteiger charge is 2.10. The van der Waals surface area contributed by atoms with Crippen molar-refractivity contribution < 1.29 is 9.74 Å². The molecule has 0 unspecified atom stereocenters. The van der Waals surface area contributed by atoms with Crippen molar-refractivity contribution in [3.8, 4) is 5.75 Å². The molecule has 0 amide bonds. The number of nitrogens with two attached hydrogens (primary N) is 2. The zero-order valence-electron chi connectivity index (χ0n) is 9.79. The maximum absolute atomic E-state index is 9.57. The summed E-state index contributed by atoms with van der Waals surface area (Å²) >= 11 is 6.42. The molecular weight excluding hydrogens is 396 g/mol. The SMILES string of the molecule is NC(=N/N=C/c1cc(Br)c(O)c(Br)c1)c1nonc1N. The van der Waals surface area contributed by atoms with Crippen LogP contribution >= 0.6 is 31.9 Å². The van der Waals surface area contributed by atoms with Crippen LogP contribution in [0, 0.1) is 0 Å². The summed E-state index contributed by atoms with van der Waals surface area (Å²) < 4.78 is 5.44. The van der Waals surface area contributed by atoms with Crippen molar-refractivity contribution in [1.82, 2.24) is 10.3 Å². The van der Waals surface area contributed by atoms with Gasteiger partial charge < -0.3 is 16.6 Å². The summed E-state index contributed by atoms with van der Waals surface area (Å²) in [6.45, 7) is 0. The summed E-state index contributed by atoms with van der Waals surface area (Å²) in [6.07, 6.45) is 1.45. The van der Waals surface area contributed by atoms with Crippen molar-refractivity contribution in [2.45, 2.75) is 0 Å². The van der Waals surface area contributed by atoms with Crippen LogP contribution in [0.15, 0.2) is 35.9 Å². The first kappa shape index (κ1) is 14.5. The van der Waals surface area contributed by atoms with Gasteiger partial charge in [0.2, 0.25) is 0 Å². The predicted molar refractivity (Wildman–Crippen MR) is 80.5 cm³/mol. The summed E-state index contributed by atoms with van der Waals surface area (Å²) in [5, 5.41) is 24.0. The van der Waals surface area contributed by atoms with Crippen LogP contribution in [0.25, 0.3) is 0 Å². The molecule has 0 aliphatic rings. The summed E-state index contributed by atoms with van der Waals surface area (Å²) in [6, 6.07) is 3.34. The average Bonchev–Trinajstić information content (AvgIpc) is 2.82. The Labute approximate surface area is 129 Å². The third-order valence-electron chi connectivity index (χ3n) is 2.17. The second kappa shape index (κ2) is 6.01. The highest BCUT2D eigenvalue weighted by atomic mass is 79.9. The lowest BCUT2D eigenvalue weighted by Crippen LogP contribution is -2.15. The van der Waals surface area contributed by atoms with Crippen molar-refractivity contribution in [2.75, 3.05) is 5.73 Å². The van der Waals surface area contributed by atoms with Gasteiger partial charge in [-0.25, -0.2) is 4.63 Å². The molecule has 2 rings (SSSR count). The lowest BCUT2D eigenvalue weighted by Gasteiger charge is -2.01. The molecule has 0 fully saturated rings. The summed E-state index contributed by atoms with van der Waals surface area (Å²) in [4.78, 5) is 0. The summed E-state index contributed by atoms with van der Waals surface area (Å²) in [5.41, 5.74) is 11.9. The first-order valence-corrected chi connectivity index (χ1v) is 6.70. The summed E-state index contributed by atoms with van der Waals surface area (Å²) in [7, 11) is 0. The van der Waals surface area contributed by atoms with Crippen molar-refractivity contribution in [3.05, 3.63) is 32.3 Å². The number of hydrogen-bond acceptors (Lipinski definition) is 7. The lowest BCUT2D eigenvalue weighted by atomic mass is 10.2. The van der Waals surface area contributed by atoms with Gasteiger partial charge in [-0.15, -0.1) is 5.10 Å². The van der Waals surface area contributed by atoms with Crippen LogP contribution in [0.3, 0.4) is 0 Å². The van der Waals surface area contributed by atoms with Gasteiger partial charge in [0.25, 0.3) is 0 Å². The number of hydrogen-bond donors (Lipinski definition) is 3. The zero-order valence-corrected chi connectivity index (χ0v) is 13.0. The Balaban J connectivity index is 2.20. The normalized spacial score (nSPS) is 12.2. The van der Waals surface area contributed by atoms with E-state index in [9.17, 15) is 5.11 Å². The molecule has 1 aromatic carbocycles. The minimum absolute atomic E-state index is 0.0168. The lowest BCUT2D eigenvalue weighted by molar-refractivity contribution is 0.308. The molecule has 0 radical (unpaired) electrons. The van der Waals surface area contributed by atoms with Crippen molar-refractivity contribution in [2.24, 2.45) is 15.9 Å². The fraction of sp³-hybridized carbons (Fsp3) is 0. The van der Waals surface area contributed by atoms with Gasteiger partial charge >= 0.3 is 0 Å². The minimum Gasteiger partial charge on any atom is -0.506 e. The minimum atomic E-state index is -0.0168. The molecule has 20 heavy (non-hydrogen) atoms. The van der Waals surface area contributed by atoms with Gasteiger partial charge in [-0.1, -0.05) is 0 Å². The fourth-order valence-electron chi connectivity index (χ4n) is 1.24. The molecule has 0 spiro atoms. The monoisotopic (exact) mass is 402 g/mol. The fourth-order valence-corrected chi connectivity index (χ4v) is 2.46. The number of benzene rings is 1. The number of aromatic hydroxyl groups is 1. The molecule has 0 aliphatic carbocycles. The molecule has 1 aromatic heterocycles. The predicted octanol–water partition coefficient (Wildman–Crippen LogP) is 1.62. The number of rotatable bonds is 3. The van der Waals surface area contributed by atoms with Crippen LogP contribution in [-0.2, 0) is 0 Å². The van der Waals surface area contributed by atoms with Crippen LogP contribution < -0.4 is 11.5 Å². The van der Waals surface area contributed by atoms with E-state index in [1.165, 1.54) is 6.21 Å². The van der Waals surface area contributed by atoms with Crippen molar-refractivity contribution in [1.29, 1.82) is 0 Å². The third kappa shape index (κ3) is 3.14. The number of aromatic nitrogens is 2. The van der Waals surface area contributed by atoms with E-state index in [2.05, 4.69) is 57.0 Å². The van der Waals surface area contributed by atoms with Crippen LogP contribution in [0.4, 0.5) is 5.82 Å². The van der Waals surface area contributed by atoms with Crippen molar-refractivity contribution in [3.63, 3.8) is 0 Å². The van der Waals surface area contributed by atoms with Crippen LogP contribution in [0.2, 0.25) is 0 Å². The number of phenolic OH excluding ortho intramolecular Hbond substituents is 1. The van der Waals surface area contributed by atoms with E-state index in [1.54, 1.807) is 12.1 Å². The van der Waals surface area contributed by atoms with Crippen LogP contribution in [0.1, 0.15) is 11.3 Å². The molecular formula is C10H8Br2N6O2. The van der Waals surface area contributed by atoms with E-state index in [1.807, 2.05) is 0 Å². The number of amidine groups is 1. The van der Waals surface area contributed by atoms with Crippen LogP contribution in [-0.4, -0.2) is 27.5 Å². The van der Waals surface area contributed by atoms with Crippen LogP contribution in [0.5, 0.6) is 5.75 Å². The highest BCUT2D eigenvalue weighted by Crippen LogP contribution is 2.32. The first-order valence-electron chi connectivity index (χ1n) is 5.12. The Hall–Kier alpha value is -1.94. The summed E-state index contributed by atoms with van der Waals surface area (Å²) in [5.74, 6) is 0.125. The van der Waals surface area contributed by atoms with E-state index in [0.29, 0.717) is 14.5 Å². The first-order chi connectivity index (χ1) is 9.49. The maximum Gasteiger partial charge on any atom is 0.199 e. The van der Waals surface area contributed by atoms with Gasteiger partial charge in [0.1, 0.15) is 5.75 Å². The third-order valence-corrected chi connectivity index (χ3v) is 3.38. The van der Waals surface area contributed by atoms with Gasteiger partial charge in [-0.05, 0) is 59.9 Å². The second-order valence-corrected chi connectivity index (χ2v) is 5.27. The van der Waals surface area contributed by atoms with Gasteiger partial charge in [-0.2, -0.15) is 5.10 Å². The quantitative estimate of drug-likeness (QED) is 0.404. The van der Waals surface area contributed by atoms with E-state index in [4.69, 9.17) is 11.5 Å². The number of anilines is 1. The Kier molecular flexibility index (Phi) is 4.35. The molecule has 0 atom stereocenters. The molecule has 8 nitrogen and oxygen atoms in total. The maximum atomic E-state index is 9.57. The Morgan fingerprint density at radius 1 is 1.30 bits per heavy atom. The molecule has 5 N–H and O–H groups in total. The molecule has 2 aromatic rings. The molecule has 1 heterocycles. The number of nitrogens with zero attached hydrogens (tertiary/aromatic N) is 4. The number of phenols is 1.